The first-order valence-electron chi connectivity index (χ1n) is 7.73. The van der Waals surface area contributed by atoms with Gasteiger partial charge in [0.25, 0.3) is 0 Å². The van der Waals surface area contributed by atoms with Gasteiger partial charge in [-0.1, -0.05) is 67.9 Å². The topological polar surface area (TPSA) is 55.8 Å². The highest BCUT2D eigenvalue weighted by Crippen LogP contribution is 2.67. The van der Waals surface area contributed by atoms with Gasteiger partial charge in [0.15, 0.2) is 5.85 Å². The molecule has 0 spiro atoms. The van der Waals surface area contributed by atoms with Gasteiger partial charge in [0.05, 0.1) is 12.7 Å². The first kappa shape index (κ1) is 17.7. The van der Waals surface area contributed by atoms with Crippen LogP contribution >= 0.6 is 19.2 Å². The van der Waals surface area contributed by atoms with Gasteiger partial charge in [-0.3, -0.25) is 9.09 Å². The van der Waals surface area contributed by atoms with Crippen molar-refractivity contribution < 1.29 is 18.7 Å². The zero-order chi connectivity index (χ0) is 17.4. The third-order valence-electron chi connectivity index (χ3n) is 4.15. The lowest BCUT2D eigenvalue weighted by atomic mass is 9.83. The molecule has 0 radical (unpaired) electrons. The lowest BCUT2D eigenvalue weighted by Crippen LogP contribution is -2.34. The van der Waals surface area contributed by atoms with Crippen molar-refractivity contribution in [3.8, 4) is 0 Å². The minimum Gasteiger partial charge on any atom is -0.376 e. The molecule has 1 heterocycles. The fraction of sp³-hybridized carbons (Fsp3) is 0.333. The van der Waals surface area contributed by atoms with Gasteiger partial charge in [0.2, 0.25) is 0 Å². The normalized spacial score (nSPS) is 27.6. The number of aliphatic hydroxyl groups is 1. The van der Waals surface area contributed by atoms with Crippen LogP contribution in [0.25, 0.3) is 0 Å². The van der Waals surface area contributed by atoms with Gasteiger partial charge in [-0.2, -0.15) is 0 Å². The predicted octanol–water partition coefficient (Wildman–Crippen LogP) is 5.34. The average molecular weight is 367 g/mol. The maximum atomic E-state index is 13.2. The molecule has 128 valence electrons. The number of halogens is 1. The van der Waals surface area contributed by atoms with Crippen molar-refractivity contribution in [1.29, 1.82) is 0 Å². The van der Waals surface area contributed by atoms with E-state index >= 15 is 0 Å². The molecule has 1 saturated heterocycles. The molecule has 0 saturated carbocycles. The second-order valence-electron chi connectivity index (χ2n) is 6.62. The van der Waals surface area contributed by atoms with Crippen LogP contribution in [0.2, 0.25) is 5.02 Å². The van der Waals surface area contributed by atoms with Crippen LogP contribution in [0.5, 0.6) is 0 Å². The van der Waals surface area contributed by atoms with E-state index in [0.29, 0.717) is 10.6 Å². The molecule has 0 aromatic heterocycles. The molecule has 4 nitrogen and oxygen atoms in total. The highest BCUT2D eigenvalue weighted by molar-refractivity contribution is 7.54. The molecule has 0 bridgehead atoms. The maximum absolute atomic E-state index is 13.2. The standard InChI is InChI=1S/C18H20ClO4P/c1-18(2)12-22-24(21,17(20)14-8-10-15(19)11-9-14)23-16(18)13-6-4-3-5-7-13/h3-11,16-17,20H,12H2,1-2H3/t16-,17-,24+/m1/s1. The summed E-state index contributed by atoms with van der Waals surface area (Å²) in [7, 11) is -3.73. The number of rotatable bonds is 3. The van der Waals surface area contributed by atoms with E-state index in [2.05, 4.69) is 0 Å². The molecule has 0 amide bonds. The molecule has 1 aliphatic heterocycles. The third kappa shape index (κ3) is 3.44. The second kappa shape index (κ2) is 6.62. The van der Waals surface area contributed by atoms with E-state index < -0.39 is 19.5 Å². The molecule has 0 aliphatic carbocycles. The number of aliphatic hydroxyl groups excluding tert-OH is 1. The largest absolute Gasteiger partial charge is 0.376 e. The summed E-state index contributed by atoms with van der Waals surface area (Å²) in [6.07, 6.45) is -0.430. The van der Waals surface area contributed by atoms with Gasteiger partial charge in [-0.05, 0) is 23.3 Å². The Kier molecular flexibility index (Phi) is 4.87. The Morgan fingerprint density at radius 1 is 1.17 bits per heavy atom. The molecule has 3 atom stereocenters. The molecule has 1 aliphatic rings. The smallest absolute Gasteiger partial charge is 0.364 e. The molecule has 1 N–H and O–H groups in total. The van der Waals surface area contributed by atoms with Gasteiger partial charge in [0, 0.05) is 10.4 Å². The molecule has 6 heteroatoms. The van der Waals surface area contributed by atoms with Gasteiger partial charge in [-0.15, -0.1) is 0 Å². The van der Waals surface area contributed by atoms with Gasteiger partial charge >= 0.3 is 7.60 Å². The van der Waals surface area contributed by atoms with Crippen LogP contribution in [0, 0.1) is 5.41 Å². The third-order valence-corrected chi connectivity index (χ3v) is 6.29. The minimum atomic E-state index is -3.73. The van der Waals surface area contributed by atoms with Gasteiger partial charge in [0.1, 0.15) is 0 Å². The van der Waals surface area contributed by atoms with Crippen molar-refractivity contribution in [2.75, 3.05) is 6.61 Å². The van der Waals surface area contributed by atoms with E-state index in [1.54, 1.807) is 24.3 Å². The van der Waals surface area contributed by atoms with Crippen LogP contribution in [0.4, 0.5) is 0 Å². The summed E-state index contributed by atoms with van der Waals surface area (Å²) in [6.45, 7) is 4.21. The Morgan fingerprint density at radius 2 is 1.79 bits per heavy atom. The Labute approximate surface area is 146 Å². The van der Waals surface area contributed by atoms with Crippen molar-refractivity contribution in [2.24, 2.45) is 5.41 Å². The van der Waals surface area contributed by atoms with Crippen molar-refractivity contribution in [3.05, 3.63) is 70.7 Å². The SMILES string of the molecule is CC1(C)CO[P@@](=O)([C@@H](O)c2ccc(Cl)cc2)O[C@@H]1c1ccccc1. The number of hydrogen-bond donors (Lipinski definition) is 1. The fourth-order valence-corrected chi connectivity index (χ4v) is 4.93. The summed E-state index contributed by atoms with van der Waals surface area (Å²) < 4.78 is 24.6. The second-order valence-corrected chi connectivity index (χ2v) is 9.10. The summed E-state index contributed by atoms with van der Waals surface area (Å²) in [4.78, 5) is 0. The zero-order valence-electron chi connectivity index (χ0n) is 13.6. The van der Waals surface area contributed by atoms with Crippen LogP contribution in [-0.2, 0) is 13.6 Å². The molecule has 0 unspecified atom stereocenters. The van der Waals surface area contributed by atoms with Gasteiger partial charge < -0.3 is 9.63 Å². The molecule has 2 aromatic carbocycles. The summed E-state index contributed by atoms with van der Waals surface area (Å²) in [5, 5.41) is 11.1. The number of benzene rings is 2. The van der Waals surface area contributed by atoms with Crippen molar-refractivity contribution in [3.63, 3.8) is 0 Å². The van der Waals surface area contributed by atoms with Crippen molar-refractivity contribution in [1.82, 2.24) is 0 Å². The lowest BCUT2D eigenvalue weighted by molar-refractivity contribution is -0.0388. The molecular weight excluding hydrogens is 347 g/mol. The lowest BCUT2D eigenvalue weighted by Gasteiger charge is -2.42. The summed E-state index contributed by atoms with van der Waals surface area (Å²) in [5.74, 6) is -1.35. The summed E-state index contributed by atoms with van der Waals surface area (Å²) in [6, 6.07) is 16.1. The van der Waals surface area contributed by atoms with Gasteiger partial charge in [-0.25, -0.2) is 0 Å². The van der Waals surface area contributed by atoms with E-state index in [4.69, 9.17) is 20.6 Å². The van der Waals surface area contributed by atoms with E-state index in [-0.39, 0.29) is 12.0 Å². The fourth-order valence-electron chi connectivity index (χ4n) is 2.74. The van der Waals surface area contributed by atoms with E-state index in [0.717, 1.165) is 5.56 Å². The minimum absolute atomic E-state index is 0.231. The van der Waals surface area contributed by atoms with Crippen LogP contribution in [0.3, 0.4) is 0 Å². The number of hydrogen-bond acceptors (Lipinski definition) is 4. The highest BCUT2D eigenvalue weighted by atomic mass is 35.5. The van der Waals surface area contributed by atoms with Crippen molar-refractivity contribution in [2.45, 2.75) is 25.8 Å². The van der Waals surface area contributed by atoms with E-state index in [1.807, 2.05) is 44.2 Å². The summed E-state index contributed by atoms with van der Waals surface area (Å²) >= 11 is 5.86. The molecular formula is C18H20ClO4P. The Hall–Kier alpha value is -1.16. The van der Waals surface area contributed by atoms with Crippen LogP contribution in [0.15, 0.2) is 54.6 Å². The monoisotopic (exact) mass is 366 g/mol. The zero-order valence-corrected chi connectivity index (χ0v) is 15.2. The highest BCUT2D eigenvalue weighted by Gasteiger charge is 2.49. The van der Waals surface area contributed by atoms with Crippen LogP contribution in [-0.4, -0.2) is 11.7 Å². The molecule has 24 heavy (non-hydrogen) atoms. The van der Waals surface area contributed by atoms with E-state index in [1.165, 1.54) is 0 Å². The Morgan fingerprint density at radius 3 is 2.42 bits per heavy atom. The van der Waals surface area contributed by atoms with E-state index in [9.17, 15) is 9.67 Å². The maximum Gasteiger partial charge on any atom is 0.364 e. The molecule has 2 aromatic rings. The first-order valence-corrected chi connectivity index (χ1v) is 9.72. The van der Waals surface area contributed by atoms with Crippen LogP contribution in [0.1, 0.15) is 36.9 Å². The van der Waals surface area contributed by atoms with Crippen molar-refractivity contribution >= 4 is 19.2 Å². The molecule has 1 fully saturated rings. The quantitative estimate of drug-likeness (QED) is 0.745. The Balaban J connectivity index is 1.91. The Bertz CT molecular complexity index is 745. The first-order chi connectivity index (χ1) is 11.3. The average Bonchev–Trinajstić information content (AvgIpc) is 2.58. The summed E-state index contributed by atoms with van der Waals surface area (Å²) in [5.41, 5.74) is 0.998. The molecule has 3 rings (SSSR count). The van der Waals surface area contributed by atoms with Crippen LogP contribution < -0.4 is 0 Å². The predicted molar refractivity (Wildman–Crippen MR) is 94.0 cm³/mol.